The van der Waals surface area contributed by atoms with Crippen molar-refractivity contribution in [3.8, 4) is 0 Å². The van der Waals surface area contributed by atoms with Gasteiger partial charge in [-0.1, -0.05) is 53.7 Å². The van der Waals surface area contributed by atoms with Crippen LogP contribution in [0.25, 0.3) is 10.9 Å². The number of aromatic nitrogens is 2. The molecule has 2 aromatic rings. The smallest absolute Gasteiger partial charge is 0.193 e. The lowest BCUT2D eigenvalue weighted by atomic mass is 10.2. The summed E-state index contributed by atoms with van der Waals surface area (Å²) in [6, 6.07) is 6.68. The lowest BCUT2D eigenvalue weighted by molar-refractivity contribution is 0.736. The van der Waals surface area contributed by atoms with Crippen molar-refractivity contribution in [1.29, 1.82) is 0 Å². The molecular formula is C17H28N2Si. The summed E-state index contributed by atoms with van der Waals surface area (Å²) in [5.74, 6) is 0. The highest BCUT2D eigenvalue weighted by atomic mass is 28.3. The third kappa shape index (κ3) is 2.12. The molecule has 0 atom stereocenters. The first-order chi connectivity index (χ1) is 9.31. The average molecular weight is 289 g/mol. The van der Waals surface area contributed by atoms with Crippen LogP contribution in [-0.4, -0.2) is 17.7 Å². The molecule has 110 valence electrons. The number of nitrogens with zero attached hydrogens (tertiary/aromatic N) is 2. The van der Waals surface area contributed by atoms with Crippen molar-refractivity contribution in [3.63, 3.8) is 0 Å². The molecule has 0 radical (unpaired) electrons. The number of fused-ring (bicyclic) bond motifs is 1. The molecule has 0 N–H and O–H groups in total. The lowest BCUT2D eigenvalue weighted by Gasteiger charge is -2.43. The average Bonchev–Trinajstić information content (AvgIpc) is 2.72. The third-order valence-corrected chi connectivity index (χ3v) is 11.5. The van der Waals surface area contributed by atoms with Gasteiger partial charge in [-0.3, -0.25) is 4.35 Å². The second kappa shape index (κ2) is 5.36. The maximum atomic E-state index is 4.85. The van der Waals surface area contributed by atoms with Gasteiger partial charge < -0.3 is 0 Å². The molecule has 0 saturated heterocycles. The third-order valence-electron chi connectivity index (χ3n) is 4.87. The first kappa shape index (κ1) is 15.3. The summed E-state index contributed by atoms with van der Waals surface area (Å²) >= 11 is 0. The van der Waals surface area contributed by atoms with E-state index in [4.69, 9.17) is 5.10 Å². The Labute approximate surface area is 124 Å². The van der Waals surface area contributed by atoms with Crippen LogP contribution in [-0.2, 0) is 0 Å². The van der Waals surface area contributed by atoms with Crippen LogP contribution < -0.4 is 0 Å². The SMILES string of the molecule is Cc1ccc2cnn([Si](C(C)C)(C(C)C)C(C)C)c2c1. The van der Waals surface area contributed by atoms with Crippen LogP contribution in [0.5, 0.6) is 0 Å². The number of benzene rings is 1. The number of aryl methyl sites for hydroxylation is 1. The Hall–Kier alpha value is -1.09. The predicted molar refractivity (Wildman–Crippen MR) is 90.9 cm³/mol. The van der Waals surface area contributed by atoms with Gasteiger partial charge in [-0.2, -0.15) is 5.10 Å². The van der Waals surface area contributed by atoms with Crippen LogP contribution in [0.3, 0.4) is 0 Å². The second-order valence-electron chi connectivity index (χ2n) is 6.97. The van der Waals surface area contributed by atoms with Crippen molar-refractivity contribution in [2.24, 2.45) is 0 Å². The monoisotopic (exact) mass is 288 g/mol. The van der Waals surface area contributed by atoms with Gasteiger partial charge in [-0.25, -0.2) is 0 Å². The van der Waals surface area contributed by atoms with E-state index < -0.39 is 8.24 Å². The molecule has 0 amide bonds. The molecule has 0 spiro atoms. The zero-order chi connectivity index (χ0) is 15.1. The molecule has 1 heterocycles. The maximum Gasteiger partial charge on any atom is 0.193 e. The minimum absolute atomic E-state index is 0.672. The van der Waals surface area contributed by atoms with Crippen molar-refractivity contribution >= 4 is 19.1 Å². The van der Waals surface area contributed by atoms with E-state index in [1.54, 1.807) is 0 Å². The number of rotatable bonds is 4. The van der Waals surface area contributed by atoms with E-state index in [0.717, 1.165) is 0 Å². The Morgan fingerprint density at radius 2 is 1.50 bits per heavy atom. The van der Waals surface area contributed by atoms with Crippen molar-refractivity contribution < 1.29 is 0 Å². The molecule has 0 bridgehead atoms. The minimum Gasteiger partial charge on any atom is -0.293 e. The van der Waals surface area contributed by atoms with Crippen LogP contribution in [0, 0.1) is 6.92 Å². The molecule has 0 unspecified atom stereocenters. The summed E-state index contributed by atoms with van der Waals surface area (Å²) in [7, 11) is -1.73. The van der Waals surface area contributed by atoms with E-state index in [0.29, 0.717) is 16.6 Å². The highest BCUT2D eigenvalue weighted by Crippen LogP contribution is 2.43. The number of hydrogen-bond acceptors (Lipinski definition) is 1. The highest BCUT2D eigenvalue weighted by Gasteiger charge is 2.46. The van der Waals surface area contributed by atoms with E-state index in [9.17, 15) is 0 Å². The zero-order valence-corrected chi connectivity index (χ0v) is 14.9. The molecule has 0 fully saturated rings. The fourth-order valence-electron chi connectivity index (χ4n) is 4.17. The van der Waals surface area contributed by atoms with E-state index in [1.807, 2.05) is 6.20 Å². The molecule has 0 aliphatic rings. The Kier molecular flexibility index (Phi) is 4.10. The first-order valence-electron chi connectivity index (χ1n) is 7.76. The molecule has 0 aliphatic carbocycles. The Morgan fingerprint density at radius 1 is 0.950 bits per heavy atom. The summed E-state index contributed by atoms with van der Waals surface area (Å²) in [4.78, 5) is 0. The van der Waals surface area contributed by atoms with Gasteiger partial charge in [0.05, 0.1) is 11.7 Å². The summed E-state index contributed by atoms with van der Waals surface area (Å²) in [5, 5.41) is 6.12. The standard InChI is InChI=1S/C17H28N2Si/c1-12(2)20(13(3)4,14(5)6)19-17-10-15(7)8-9-16(17)11-18-19/h8-14H,1-7H3. The van der Waals surface area contributed by atoms with Crippen LogP contribution in [0.2, 0.25) is 16.6 Å². The Bertz CT molecular complexity index is 574. The zero-order valence-electron chi connectivity index (χ0n) is 13.9. The molecule has 1 aromatic carbocycles. The van der Waals surface area contributed by atoms with Gasteiger partial charge in [0, 0.05) is 5.39 Å². The van der Waals surface area contributed by atoms with E-state index in [-0.39, 0.29) is 0 Å². The van der Waals surface area contributed by atoms with E-state index in [1.165, 1.54) is 16.5 Å². The fraction of sp³-hybridized carbons (Fsp3) is 0.588. The summed E-state index contributed by atoms with van der Waals surface area (Å²) in [6.07, 6.45) is 2.05. The molecule has 0 aliphatic heterocycles. The fourth-order valence-corrected chi connectivity index (χ4v) is 10.5. The quantitative estimate of drug-likeness (QED) is 0.692. The Morgan fingerprint density at radius 3 is 2.00 bits per heavy atom. The van der Waals surface area contributed by atoms with Gasteiger partial charge >= 0.3 is 0 Å². The van der Waals surface area contributed by atoms with Gasteiger partial charge in [0.1, 0.15) is 0 Å². The molecule has 2 rings (SSSR count). The number of hydrogen-bond donors (Lipinski definition) is 0. The van der Waals surface area contributed by atoms with Gasteiger partial charge in [-0.15, -0.1) is 0 Å². The Balaban J connectivity index is 2.78. The highest BCUT2D eigenvalue weighted by molar-refractivity contribution is 6.82. The molecule has 1 aromatic heterocycles. The van der Waals surface area contributed by atoms with Gasteiger partial charge in [0.15, 0.2) is 8.24 Å². The summed E-state index contributed by atoms with van der Waals surface area (Å²) < 4.78 is 2.44. The van der Waals surface area contributed by atoms with E-state index >= 15 is 0 Å². The normalized spacial score (nSPS) is 13.1. The van der Waals surface area contributed by atoms with E-state index in [2.05, 4.69) is 71.0 Å². The topological polar surface area (TPSA) is 17.8 Å². The van der Waals surface area contributed by atoms with Gasteiger partial charge in [-0.05, 0) is 35.2 Å². The van der Waals surface area contributed by atoms with Crippen LogP contribution in [0.1, 0.15) is 47.1 Å². The predicted octanol–water partition coefficient (Wildman–Crippen LogP) is 5.37. The van der Waals surface area contributed by atoms with Crippen LogP contribution in [0.4, 0.5) is 0 Å². The summed E-state index contributed by atoms with van der Waals surface area (Å²) in [6.45, 7) is 16.5. The second-order valence-corrected chi connectivity index (χ2v) is 12.6. The van der Waals surface area contributed by atoms with Gasteiger partial charge in [0.25, 0.3) is 0 Å². The van der Waals surface area contributed by atoms with Crippen LogP contribution in [0.15, 0.2) is 24.4 Å². The van der Waals surface area contributed by atoms with Crippen LogP contribution >= 0.6 is 0 Å². The summed E-state index contributed by atoms with van der Waals surface area (Å²) in [5.41, 5.74) is 4.66. The molecule has 20 heavy (non-hydrogen) atoms. The first-order valence-corrected chi connectivity index (χ1v) is 9.94. The van der Waals surface area contributed by atoms with Crippen molar-refractivity contribution in [2.75, 3.05) is 0 Å². The molecule has 2 nitrogen and oxygen atoms in total. The van der Waals surface area contributed by atoms with Gasteiger partial charge in [0.2, 0.25) is 0 Å². The largest absolute Gasteiger partial charge is 0.293 e. The lowest BCUT2D eigenvalue weighted by Crippen LogP contribution is -2.52. The molecule has 3 heteroatoms. The maximum absolute atomic E-state index is 4.85. The van der Waals surface area contributed by atoms with Crippen molar-refractivity contribution in [2.45, 2.75) is 65.1 Å². The molecular weight excluding hydrogens is 260 g/mol. The molecule has 0 saturated carbocycles. The minimum atomic E-state index is -1.73. The van der Waals surface area contributed by atoms with Crippen molar-refractivity contribution in [3.05, 3.63) is 30.0 Å². The van der Waals surface area contributed by atoms with Crippen molar-refractivity contribution in [1.82, 2.24) is 9.45 Å².